The average Bonchev–Trinajstić information content (AvgIpc) is 3.00. The molecule has 2 amide bonds. The molecule has 0 spiro atoms. The lowest BCUT2D eigenvalue weighted by Gasteiger charge is -2.25. The van der Waals surface area contributed by atoms with Gasteiger partial charge in [0.25, 0.3) is 5.91 Å². The number of anilines is 2. The normalized spacial score (nSPS) is 15.1. The van der Waals surface area contributed by atoms with E-state index >= 15 is 0 Å². The second kappa shape index (κ2) is 8.22. The Balaban J connectivity index is 1.63. The van der Waals surface area contributed by atoms with E-state index in [1.54, 1.807) is 19.1 Å². The average molecular weight is 401 g/mol. The Labute approximate surface area is 165 Å². The summed E-state index contributed by atoms with van der Waals surface area (Å²) in [5.41, 5.74) is 2.02. The summed E-state index contributed by atoms with van der Waals surface area (Å²) in [6.45, 7) is 7.12. The van der Waals surface area contributed by atoms with E-state index in [9.17, 15) is 14.4 Å². The number of nitrogens with one attached hydrogen (secondary N) is 2. The van der Waals surface area contributed by atoms with Crippen molar-refractivity contribution in [3.8, 4) is 5.75 Å². The van der Waals surface area contributed by atoms with Crippen molar-refractivity contribution in [3.63, 3.8) is 0 Å². The molecule has 0 saturated carbocycles. The van der Waals surface area contributed by atoms with Crippen LogP contribution in [0.15, 0.2) is 30.9 Å². The van der Waals surface area contributed by atoms with Crippen LogP contribution in [0.3, 0.4) is 0 Å². The fraction of sp³-hybridized carbons (Fsp3) is 0.263. The Morgan fingerprint density at radius 3 is 2.96 bits per heavy atom. The van der Waals surface area contributed by atoms with Crippen LogP contribution >= 0.6 is 11.3 Å². The van der Waals surface area contributed by atoms with Crippen molar-refractivity contribution >= 4 is 39.9 Å². The lowest BCUT2D eigenvalue weighted by molar-refractivity contribution is -0.128. The Morgan fingerprint density at radius 1 is 1.43 bits per heavy atom. The first-order valence-electron chi connectivity index (χ1n) is 8.51. The van der Waals surface area contributed by atoms with Gasteiger partial charge in [0, 0.05) is 0 Å². The highest BCUT2D eigenvalue weighted by atomic mass is 32.1. The molecule has 2 heterocycles. The van der Waals surface area contributed by atoms with Crippen molar-refractivity contribution in [2.45, 2.75) is 26.4 Å². The van der Waals surface area contributed by atoms with Gasteiger partial charge in [0.15, 0.2) is 11.2 Å². The van der Waals surface area contributed by atoms with E-state index < -0.39 is 23.9 Å². The van der Waals surface area contributed by atoms with Crippen molar-refractivity contribution in [2.75, 3.05) is 17.2 Å². The minimum Gasteiger partial charge on any atom is -0.478 e. The molecule has 0 radical (unpaired) electrons. The van der Waals surface area contributed by atoms with Crippen LogP contribution in [-0.4, -0.2) is 35.5 Å². The maximum Gasteiger partial charge on any atom is 0.350 e. The number of aromatic nitrogens is 1. The number of carbonyl (C=O) groups is 3. The fourth-order valence-corrected chi connectivity index (χ4v) is 3.45. The Morgan fingerprint density at radius 2 is 2.21 bits per heavy atom. The van der Waals surface area contributed by atoms with Gasteiger partial charge >= 0.3 is 5.97 Å². The lowest BCUT2D eigenvalue weighted by atomic mass is 10.1. The van der Waals surface area contributed by atoms with E-state index in [1.165, 1.54) is 6.08 Å². The molecule has 0 saturated heterocycles. The van der Waals surface area contributed by atoms with Crippen LogP contribution in [0, 0.1) is 13.8 Å². The van der Waals surface area contributed by atoms with E-state index in [-0.39, 0.29) is 18.2 Å². The molecule has 9 heteroatoms. The third kappa shape index (κ3) is 4.37. The molecule has 1 aromatic heterocycles. The van der Waals surface area contributed by atoms with Crippen LogP contribution in [0.1, 0.15) is 27.3 Å². The second-order valence-electron chi connectivity index (χ2n) is 6.17. The number of nitrogens with zero attached hydrogens (tertiary/aromatic N) is 1. The van der Waals surface area contributed by atoms with Gasteiger partial charge in [0.2, 0.25) is 5.91 Å². The number of hydrogen-bond acceptors (Lipinski definition) is 7. The predicted octanol–water partition coefficient (Wildman–Crippen LogP) is 2.83. The summed E-state index contributed by atoms with van der Waals surface area (Å²) in [7, 11) is 0. The maximum absolute atomic E-state index is 12.3. The molecule has 28 heavy (non-hydrogen) atoms. The quantitative estimate of drug-likeness (QED) is 0.569. The van der Waals surface area contributed by atoms with Crippen LogP contribution < -0.4 is 15.4 Å². The number of esters is 1. The number of carbonyl (C=O) groups excluding carboxylic acids is 3. The number of thiazole rings is 1. The van der Waals surface area contributed by atoms with Crippen LogP contribution in [0.2, 0.25) is 0 Å². The minimum absolute atomic E-state index is 0.0903. The summed E-state index contributed by atoms with van der Waals surface area (Å²) >= 11 is 1.01. The lowest BCUT2D eigenvalue weighted by Crippen LogP contribution is -2.39. The van der Waals surface area contributed by atoms with Gasteiger partial charge in [-0.2, -0.15) is 0 Å². The number of hydrogen-bond donors (Lipinski definition) is 2. The Bertz CT molecular complexity index is 953. The maximum atomic E-state index is 12.3. The fourth-order valence-electron chi connectivity index (χ4n) is 2.58. The molecule has 8 nitrogen and oxygen atoms in total. The standard InChI is InChI=1S/C19H19N3O5S/c1-4-7-26-18(25)16-11(3)20-19(28-16)22-15(23)9-14-17(24)21-12-8-10(2)5-6-13(12)27-14/h4-6,8,14H,1,7,9H2,2-3H3,(H,21,24)(H,20,22,23). The summed E-state index contributed by atoms with van der Waals surface area (Å²) in [5.74, 6) is -0.856. The minimum atomic E-state index is -0.951. The van der Waals surface area contributed by atoms with E-state index in [0.29, 0.717) is 22.0 Å². The van der Waals surface area contributed by atoms with Gasteiger partial charge in [-0.15, -0.1) is 0 Å². The van der Waals surface area contributed by atoms with Crippen molar-refractivity contribution in [2.24, 2.45) is 0 Å². The van der Waals surface area contributed by atoms with Gasteiger partial charge < -0.3 is 20.1 Å². The van der Waals surface area contributed by atoms with E-state index in [1.807, 2.05) is 13.0 Å². The van der Waals surface area contributed by atoms with Gasteiger partial charge in [-0.25, -0.2) is 9.78 Å². The number of amides is 2. The molecule has 1 unspecified atom stereocenters. The second-order valence-corrected chi connectivity index (χ2v) is 7.17. The summed E-state index contributed by atoms with van der Waals surface area (Å²) in [6, 6.07) is 5.41. The number of rotatable bonds is 6. The summed E-state index contributed by atoms with van der Waals surface area (Å²) in [4.78, 5) is 40.9. The zero-order valence-corrected chi connectivity index (χ0v) is 16.2. The summed E-state index contributed by atoms with van der Waals surface area (Å²) in [5, 5.41) is 5.59. The predicted molar refractivity (Wildman–Crippen MR) is 105 cm³/mol. The van der Waals surface area contributed by atoms with Crippen LogP contribution in [0.25, 0.3) is 0 Å². The molecule has 0 fully saturated rings. The highest BCUT2D eigenvalue weighted by Gasteiger charge is 2.30. The Hall–Kier alpha value is -3.20. The molecule has 1 aliphatic heterocycles. The molecule has 2 aromatic rings. The zero-order valence-electron chi connectivity index (χ0n) is 15.4. The number of fused-ring (bicyclic) bond motifs is 1. The molecule has 0 aliphatic carbocycles. The van der Waals surface area contributed by atoms with Gasteiger partial charge in [0.05, 0.1) is 17.8 Å². The van der Waals surface area contributed by atoms with Crippen molar-refractivity contribution in [1.82, 2.24) is 4.98 Å². The van der Waals surface area contributed by atoms with Crippen molar-refractivity contribution in [1.29, 1.82) is 0 Å². The van der Waals surface area contributed by atoms with E-state index in [4.69, 9.17) is 9.47 Å². The Kier molecular flexibility index (Phi) is 5.74. The third-order valence-corrected chi connectivity index (χ3v) is 4.94. The SMILES string of the molecule is C=CCOC(=O)c1sc(NC(=O)CC2Oc3ccc(C)cc3NC2=O)nc1C. The van der Waals surface area contributed by atoms with Crippen LogP contribution in [0.5, 0.6) is 5.75 Å². The third-order valence-electron chi connectivity index (χ3n) is 3.89. The molecule has 1 aliphatic rings. The zero-order chi connectivity index (χ0) is 20.3. The number of aryl methyl sites for hydroxylation is 2. The molecule has 0 bridgehead atoms. The first kappa shape index (κ1) is 19.6. The largest absolute Gasteiger partial charge is 0.478 e. The molecule has 2 N–H and O–H groups in total. The highest BCUT2D eigenvalue weighted by molar-refractivity contribution is 7.17. The molecule has 3 rings (SSSR count). The molecule has 1 atom stereocenters. The monoisotopic (exact) mass is 401 g/mol. The first-order valence-corrected chi connectivity index (χ1v) is 9.32. The summed E-state index contributed by atoms with van der Waals surface area (Å²) in [6.07, 6.45) is 0.327. The summed E-state index contributed by atoms with van der Waals surface area (Å²) < 4.78 is 10.6. The molecular formula is C19H19N3O5S. The van der Waals surface area contributed by atoms with Crippen molar-refractivity contribution in [3.05, 3.63) is 47.0 Å². The van der Waals surface area contributed by atoms with Gasteiger partial charge in [0.1, 0.15) is 17.2 Å². The first-order chi connectivity index (χ1) is 13.4. The van der Waals surface area contributed by atoms with Crippen LogP contribution in [-0.2, 0) is 14.3 Å². The molecule has 1 aromatic carbocycles. The van der Waals surface area contributed by atoms with E-state index in [2.05, 4.69) is 22.2 Å². The highest BCUT2D eigenvalue weighted by Crippen LogP contribution is 2.31. The van der Waals surface area contributed by atoms with Crippen molar-refractivity contribution < 1.29 is 23.9 Å². The number of benzene rings is 1. The van der Waals surface area contributed by atoms with Gasteiger partial charge in [-0.1, -0.05) is 30.1 Å². The van der Waals surface area contributed by atoms with Crippen LogP contribution in [0.4, 0.5) is 10.8 Å². The molecule has 146 valence electrons. The van der Waals surface area contributed by atoms with Gasteiger partial charge in [-0.3, -0.25) is 9.59 Å². The van der Waals surface area contributed by atoms with E-state index in [0.717, 1.165) is 16.9 Å². The topological polar surface area (TPSA) is 107 Å². The number of ether oxygens (including phenoxy) is 2. The van der Waals surface area contributed by atoms with Gasteiger partial charge in [-0.05, 0) is 31.5 Å². The molecular weight excluding hydrogens is 382 g/mol. The smallest absolute Gasteiger partial charge is 0.350 e.